The van der Waals surface area contributed by atoms with Gasteiger partial charge in [-0.25, -0.2) is 9.80 Å². The summed E-state index contributed by atoms with van der Waals surface area (Å²) in [5, 5.41) is 6.10. The Morgan fingerprint density at radius 1 is 1.09 bits per heavy atom. The number of rotatable bonds is 4. The van der Waals surface area contributed by atoms with Crippen molar-refractivity contribution >= 4 is 28.8 Å². The average molecular weight is 438 g/mol. The van der Waals surface area contributed by atoms with Gasteiger partial charge in [0.25, 0.3) is 5.56 Å². The number of carbonyl (C=O) groups is 1. The Bertz CT molecular complexity index is 1340. The van der Waals surface area contributed by atoms with Crippen LogP contribution in [0.5, 0.6) is 0 Å². The fourth-order valence-corrected chi connectivity index (χ4v) is 3.55. The van der Waals surface area contributed by atoms with E-state index < -0.39 is 17.2 Å². The van der Waals surface area contributed by atoms with Crippen LogP contribution in [0, 0.1) is 5.41 Å². The van der Waals surface area contributed by atoms with Gasteiger partial charge in [-0.3, -0.25) is 23.3 Å². The molecule has 0 saturated heterocycles. The molecule has 0 aliphatic carbocycles. The molecule has 0 radical (unpaired) electrons. The fourth-order valence-electron chi connectivity index (χ4n) is 3.55. The molecule has 4 rings (SSSR count). The third-order valence-electron chi connectivity index (χ3n) is 5.50. The van der Waals surface area contributed by atoms with Crippen molar-refractivity contribution in [3.8, 4) is 0 Å². The number of benzene rings is 1. The zero-order valence-corrected chi connectivity index (χ0v) is 18.8. The summed E-state index contributed by atoms with van der Waals surface area (Å²) in [4.78, 5) is 42.4. The smallest absolute Gasteiger partial charge is 0.332 e. The maximum Gasteiger partial charge on any atom is 0.332 e. The standard InChI is InChI=1S/C22H26N6O4/c1-22(2,3)15-11-27-17-18(25(4)21(31)26(5)19(17)30)23-20(27)28(24-15)12-16(29)32-13-14-9-7-6-8-10-14/h6-10H,11-13H2,1-5H3. The lowest BCUT2D eigenvalue weighted by Crippen LogP contribution is -2.40. The van der Waals surface area contributed by atoms with E-state index in [1.165, 1.54) is 16.6 Å². The third-order valence-corrected chi connectivity index (χ3v) is 5.50. The predicted octanol–water partition coefficient (Wildman–Crippen LogP) is 1.40. The predicted molar refractivity (Wildman–Crippen MR) is 121 cm³/mol. The van der Waals surface area contributed by atoms with Crippen LogP contribution in [0.4, 0.5) is 5.95 Å². The van der Waals surface area contributed by atoms with Gasteiger partial charge in [0, 0.05) is 19.5 Å². The highest BCUT2D eigenvalue weighted by Crippen LogP contribution is 2.28. The second kappa shape index (κ2) is 7.77. The molecule has 32 heavy (non-hydrogen) atoms. The van der Waals surface area contributed by atoms with E-state index in [4.69, 9.17) is 4.74 Å². The molecule has 1 aliphatic heterocycles. The van der Waals surface area contributed by atoms with Crippen LogP contribution in [0.1, 0.15) is 26.3 Å². The molecule has 0 unspecified atom stereocenters. The molecule has 0 atom stereocenters. The molecule has 1 aromatic carbocycles. The SMILES string of the molecule is Cn1c(=O)c2c(nc3n2CC(C(C)(C)C)=NN3CC(=O)OCc2ccccc2)n(C)c1=O. The maximum atomic E-state index is 12.9. The third kappa shape index (κ3) is 3.72. The molecule has 0 amide bonds. The highest BCUT2D eigenvalue weighted by Gasteiger charge is 2.32. The maximum absolute atomic E-state index is 12.9. The number of hydrazone groups is 1. The van der Waals surface area contributed by atoms with E-state index in [-0.39, 0.29) is 24.2 Å². The number of carbonyl (C=O) groups excluding carboxylic acids is 1. The monoisotopic (exact) mass is 438 g/mol. The molecular formula is C22H26N6O4. The Balaban J connectivity index is 1.74. The first kappa shape index (κ1) is 21.5. The molecule has 1 aliphatic rings. The van der Waals surface area contributed by atoms with Crippen LogP contribution in [0.2, 0.25) is 0 Å². The molecule has 0 bridgehead atoms. The van der Waals surface area contributed by atoms with Crippen molar-refractivity contribution < 1.29 is 9.53 Å². The summed E-state index contributed by atoms with van der Waals surface area (Å²) in [6.07, 6.45) is 0. The van der Waals surface area contributed by atoms with Crippen LogP contribution in [0.15, 0.2) is 45.0 Å². The number of esters is 1. The lowest BCUT2D eigenvalue weighted by Gasteiger charge is -2.30. The van der Waals surface area contributed by atoms with Crippen LogP contribution in [0.3, 0.4) is 0 Å². The van der Waals surface area contributed by atoms with Crippen molar-refractivity contribution in [2.24, 2.45) is 24.6 Å². The minimum atomic E-state index is -0.479. The lowest BCUT2D eigenvalue weighted by molar-refractivity contribution is -0.143. The zero-order chi connectivity index (χ0) is 23.2. The average Bonchev–Trinajstić information content (AvgIpc) is 3.15. The number of anilines is 1. The Kier molecular flexibility index (Phi) is 5.23. The van der Waals surface area contributed by atoms with Gasteiger partial charge in [-0.05, 0) is 5.56 Å². The number of hydrogen-bond donors (Lipinski definition) is 0. The van der Waals surface area contributed by atoms with E-state index in [1.54, 1.807) is 11.6 Å². The number of nitrogens with zero attached hydrogens (tertiary/aromatic N) is 6. The summed E-state index contributed by atoms with van der Waals surface area (Å²) in [5.74, 6) is -0.156. The van der Waals surface area contributed by atoms with E-state index in [9.17, 15) is 14.4 Å². The quantitative estimate of drug-likeness (QED) is 0.571. The minimum Gasteiger partial charge on any atom is -0.459 e. The van der Waals surface area contributed by atoms with Crippen LogP contribution >= 0.6 is 0 Å². The van der Waals surface area contributed by atoms with Crippen molar-refractivity contribution in [3.05, 3.63) is 56.7 Å². The number of fused-ring (bicyclic) bond motifs is 3. The van der Waals surface area contributed by atoms with Gasteiger partial charge in [0.1, 0.15) is 13.2 Å². The Hall–Kier alpha value is -3.69. The second-order valence-electron chi connectivity index (χ2n) is 8.88. The van der Waals surface area contributed by atoms with Crippen LogP contribution in [-0.2, 0) is 36.8 Å². The molecule has 0 spiro atoms. The minimum absolute atomic E-state index is 0.148. The molecule has 10 heteroatoms. The van der Waals surface area contributed by atoms with Crippen molar-refractivity contribution in [1.29, 1.82) is 0 Å². The summed E-state index contributed by atoms with van der Waals surface area (Å²) in [6, 6.07) is 9.39. The van der Waals surface area contributed by atoms with Crippen molar-refractivity contribution in [3.63, 3.8) is 0 Å². The molecule has 10 nitrogen and oxygen atoms in total. The van der Waals surface area contributed by atoms with E-state index in [0.29, 0.717) is 18.0 Å². The van der Waals surface area contributed by atoms with Gasteiger partial charge in [0.15, 0.2) is 11.2 Å². The summed E-state index contributed by atoms with van der Waals surface area (Å²) in [6.45, 7) is 6.33. The van der Waals surface area contributed by atoms with Gasteiger partial charge in [0.2, 0.25) is 5.95 Å². The van der Waals surface area contributed by atoms with Crippen molar-refractivity contribution in [1.82, 2.24) is 18.7 Å². The Morgan fingerprint density at radius 2 is 1.78 bits per heavy atom. The molecule has 2 aromatic heterocycles. The first-order valence-corrected chi connectivity index (χ1v) is 10.3. The largest absolute Gasteiger partial charge is 0.459 e. The molecule has 0 N–H and O–H groups in total. The second-order valence-corrected chi connectivity index (χ2v) is 8.88. The fraction of sp³-hybridized carbons (Fsp3) is 0.409. The highest BCUT2D eigenvalue weighted by molar-refractivity contribution is 5.93. The van der Waals surface area contributed by atoms with Gasteiger partial charge in [-0.2, -0.15) is 10.1 Å². The van der Waals surface area contributed by atoms with Gasteiger partial charge in [-0.15, -0.1) is 0 Å². The summed E-state index contributed by atoms with van der Waals surface area (Å²) < 4.78 is 9.51. The van der Waals surface area contributed by atoms with Gasteiger partial charge in [0.05, 0.1) is 12.3 Å². The summed E-state index contributed by atoms with van der Waals surface area (Å²) >= 11 is 0. The number of aromatic nitrogens is 4. The molecule has 3 aromatic rings. The van der Waals surface area contributed by atoms with E-state index in [1.807, 2.05) is 51.1 Å². The lowest BCUT2D eigenvalue weighted by atomic mass is 9.89. The molecule has 0 saturated carbocycles. The van der Waals surface area contributed by atoms with E-state index >= 15 is 0 Å². The van der Waals surface area contributed by atoms with Crippen LogP contribution in [-0.4, -0.2) is 36.9 Å². The van der Waals surface area contributed by atoms with Crippen molar-refractivity contribution in [2.45, 2.75) is 33.9 Å². The molecular weight excluding hydrogens is 412 g/mol. The number of ether oxygens (including phenoxy) is 1. The first-order chi connectivity index (χ1) is 15.1. The number of imidazole rings is 1. The number of aryl methyl sites for hydroxylation is 1. The zero-order valence-electron chi connectivity index (χ0n) is 18.8. The van der Waals surface area contributed by atoms with Crippen molar-refractivity contribution in [2.75, 3.05) is 11.6 Å². The normalized spacial score (nSPS) is 13.8. The first-order valence-electron chi connectivity index (χ1n) is 10.3. The van der Waals surface area contributed by atoms with Gasteiger partial charge >= 0.3 is 11.7 Å². The van der Waals surface area contributed by atoms with E-state index in [2.05, 4.69) is 10.1 Å². The topological polar surface area (TPSA) is 104 Å². The highest BCUT2D eigenvalue weighted by atomic mass is 16.5. The van der Waals surface area contributed by atoms with Gasteiger partial charge < -0.3 is 4.74 Å². The molecule has 168 valence electrons. The van der Waals surface area contributed by atoms with E-state index in [0.717, 1.165) is 15.8 Å². The summed E-state index contributed by atoms with van der Waals surface area (Å²) in [5.41, 5.74) is 0.976. The van der Waals surface area contributed by atoms with Crippen LogP contribution < -0.4 is 16.3 Å². The number of hydrogen-bond acceptors (Lipinski definition) is 7. The van der Waals surface area contributed by atoms with Crippen LogP contribution in [0.25, 0.3) is 11.2 Å². The molecule has 3 heterocycles. The summed E-state index contributed by atoms with van der Waals surface area (Å²) in [7, 11) is 3.00. The Labute approximate surface area is 184 Å². The van der Waals surface area contributed by atoms with Gasteiger partial charge in [-0.1, -0.05) is 51.1 Å². The molecule has 0 fully saturated rings. The Morgan fingerprint density at radius 3 is 2.44 bits per heavy atom.